The second-order valence-corrected chi connectivity index (χ2v) is 5.64. The van der Waals surface area contributed by atoms with E-state index in [4.69, 9.17) is 4.42 Å². The Morgan fingerprint density at radius 3 is 2.81 bits per heavy atom. The molecule has 0 saturated heterocycles. The molecule has 26 heavy (non-hydrogen) atoms. The highest BCUT2D eigenvalue weighted by molar-refractivity contribution is 6.03. The van der Waals surface area contributed by atoms with Gasteiger partial charge in [0.2, 0.25) is 0 Å². The molecule has 0 atom stereocenters. The summed E-state index contributed by atoms with van der Waals surface area (Å²) in [6, 6.07) is 9.51. The molecule has 0 unspecified atom stereocenters. The summed E-state index contributed by atoms with van der Waals surface area (Å²) in [5, 5.41) is 6.71. The zero-order chi connectivity index (χ0) is 18.3. The summed E-state index contributed by atoms with van der Waals surface area (Å²) in [5.41, 5.74) is 1.46. The van der Waals surface area contributed by atoms with Crippen LogP contribution in [0.15, 0.2) is 53.1 Å². The first-order valence-corrected chi connectivity index (χ1v) is 7.69. The first kappa shape index (κ1) is 15.9. The molecule has 4 rings (SSSR count). The van der Waals surface area contributed by atoms with Crippen molar-refractivity contribution in [3.05, 3.63) is 71.8 Å². The molecule has 8 heteroatoms. The maximum absolute atomic E-state index is 13.7. The molecule has 0 fully saturated rings. The lowest BCUT2D eigenvalue weighted by Crippen LogP contribution is -2.16. The number of aromatic nitrogens is 3. The van der Waals surface area contributed by atoms with Crippen molar-refractivity contribution in [3.63, 3.8) is 0 Å². The zero-order valence-electron chi connectivity index (χ0n) is 13.5. The number of carbonyl (C=O) groups excluding carboxylic acids is 1. The van der Waals surface area contributed by atoms with Crippen LogP contribution in [0.3, 0.4) is 0 Å². The summed E-state index contributed by atoms with van der Waals surface area (Å²) >= 11 is 0. The van der Waals surface area contributed by atoms with Crippen LogP contribution in [0.25, 0.3) is 17.1 Å². The SMILES string of the molecule is Cc1cc(C(=O)Nc2cc(F)ccc2F)nc2cc(-c3ccco3)nn12. The molecule has 130 valence electrons. The van der Waals surface area contributed by atoms with E-state index in [2.05, 4.69) is 15.4 Å². The van der Waals surface area contributed by atoms with Crippen LogP contribution in [0.1, 0.15) is 16.2 Å². The Kier molecular flexibility index (Phi) is 3.72. The van der Waals surface area contributed by atoms with Crippen LogP contribution in [0.4, 0.5) is 14.5 Å². The summed E-state index contributed by atoms with van der Waals surface area (Å²) in [4.78, 5) is 16.6. The van der Waals surface area contributed by atoms with Gasteiger partial charge in [0.25, 0.3) is 5.91 Å². The monoisotopic (exact) mass is 354 g/mol. The van der Waals surface area contributed by atoms with E-state index in [1.165, 1.54) is 12.3 Å². The lowest BCUT2D eigenvalue weighted by atomic mass is 10.2. The number of halogens is 2. The summed E-state index contributed by atoms with van der Waals surface area (Å²) in [7, 11) is 0. The normalized spacial score (nSPS) is 11.0. The van der Waals surface area contributed by atoms with Gasteiger partial charge >= 0.3 is 0 Å². The number of anilines is 1. The Morgan fingerprint density at radius 2 is 2.04 bits per heavy atom. The highest BCUT2D eigenvalue weighted by Crippen LogP contribution is 2.21. The van der Waals surface area contributed by atoms with Crippen molar-refractivity contribution in [1.29, 1.82) is 0 Å². The van der Waals surface area contributed by atoms with Gasteiger partial charge in [0.1, 0.15) is 23.0 Å². The van der Waals surface area contributed by atoms with E-state index in [0.717, 1.165) is 18.2 Å². The molecule has 0 spiro atoms. The van der Waals surface area contributed by atoms with Crippen molar-refractivity contribution in [1.82, 2.24) is 14.6 Å². The van der Waals surface area contributed by atoms with Gasteiger partial charge in [-0.25, -0.2) is 18.3 Å². The van der Waals surface area contributed by atoms with Gasteiger partial charge in [0.05, 0.1) is 12.0 Å². The molecule has 0 radical (unpaired) electrons. The molecule has 3 aromatic heterocycles. The van der Waals surface area contributed by atoms with Crippen molar-refractivity contribution < 1.29 is 18.0 Å². The molecule has 0 aliphatic rings. The third kappa shape index (κ3) is 2.81. The molecular formula is C18H12F2N4O2. The number of hydrogen-bond donors (Lipinski definition) is 1. The molecular weight excluding hydrogens is 342 g/mol. The average Bonchev–Trinajstić information content (AvgIpc) is 3.27. The van der Waals surface area contributed by atoms with Gasteiger partial charge in [-0.3, -0.25) is 4.79 Å². The summed E-state index contributed by atoms with van der Waals surface area (Å²) in [6.45, 7) is 1.76. The predicted octanol–water partition coefficient (Wildman–Crippen LogP) is 3.83. The second kappa shape index (κ2) is 6.07. The first-order valence-electron chi connectivity index (χ1n) is 7.69. The fourth-order valence-corrected chi connectivity index (χ4v) is 2.57. The van der Waals surface area contributed by atoms with Crippen LogP contribution in [0.5, 0.6) is 0 Å². The fourth-order valence-electron chi connectivity index (χ4n) is 2.57. The zero-order valence-corrected chi connectivity index (χ0v) is 13.5. The Hall–Kier alpha value is -3.55. The maximum atomic E-state index is 13.7. The minimum Gasteiger partial charge on any atom is -0.463 e. The largest absolute Gasteiger partial charge is 0.463 e. The summed E-state index contributed by atoms with van der Waals surface area (Å²) in [6.07, 6.45) is 1.53. The molecule has 0 aliphatic heterocycles. The third-order valence-electron chi connectivity index (χ3n) is 3.79. The highest BCUT2D eigenvalue weighted by Gasteiger charge is 2.16. The van der Waals surface area contributed by atoms with Crippen LogP contribution in [-0.2, 0) is 0 Å². The van der Waals surface area contributed by atoms with Crippen LogP contribution < -0.4 is 5.32 Å². The number of amides is 1. The minimum atomic E-state index is -0.734. The van der Waals surface area contributed by atoms with Crippen LogP contribution >= 0.6 is 0 Å². The van der Waals surface area contributed by atoms with E-state index in [0.29, 0.717) is 22.8 Å². The second-order valence-electron chi connectivity index (χ2n) is 5.64. The van der Waals surface area contributed by atoms with Gasteiger partial charge in [0, 0.05) is 17.8 Å². The lowest BCUT2D eigenvalue weighted by Gasteiger charge is -2.07. The van der Waals surface area contributed by atoms with E-state index in [1.807, 2.05) is 0 Å². The van der Waals surface area contributed by atoms with E-state index in [1.54, 1.807) is 29.6 Å². The van der Waals surface area contributed by atoms with Crippen molar-refractivity contribution in [2.45, 2.75) is 6.92 Å². The quantitative estimate of drug-likeness (QED) is 0.607. The topological polar surface area (TPSA) is 72.4 Å². The van der Waals surface area contributed by atoms with E-state index in [9.17, 15) is 13.6 Å². The number of furan rings is 1. The average molecular weight is 354 g/mol. The molecule has 0 aliphatic carbocycles. The van der Waals surface area contributed by atoms with E-state index < -0.39 is 17.5 Å². The first-order chi connectivity index (χ1) is 12.5. The highest BCUT2D eigenvalue weighted by atomic mass is 19.1. The molecule has 1 amide bonds. The van der Waals surface area contributed by atoms with Crippen molar-refractivity contribution >= 4 is 17.2 Å². The standard InChI is InChI=1S/C18H12F2N4O2/c1-10-7-15(18(25)22-13-8-11(19)4-5-12(13)20)21-17-9-14(23-24(10)17)16-3-2-6-26-16/h2-9H,1H3,(H,22,25). The van der Waals surface area contributed by atoms with Crippen LogP contribution in [0.2, 0.25) is 0 Å². The van der Waals surface area contributed by atoms with Crippen molar-refractivity contribution in [2.75, 3.05) is 5.32 Å². The number of benzene rings is 1. The van der Waals surface area contributed by atoms with Gasteiger partial charge in [-0.15, -0.1) is 0 Å². The fraction of sp³-hybridized carbons (Fsp3) is 0.0556. The van der Waals surface area contributed by atoms with Gasteiger partial charge in [-0.05, 0) is 37.3 Å². The number of nitrogens with zero attached hydrogens (tertiary/aromatic N) is 3. The third-order valence-corrected chi connectivity index (χ3v) is 3.79. The van der Waals surface area contributed by atoms with Gasteiger partial charge in [-0.1, -0.05) is 0 Å². The summed E-state index contributed by atoms with van der Waals surface area (Å²) < 4.78 is 33.8. The van der Waals surface area contributed by atoms with Gasteiger partial charge in [0.15, 0.2) is 11.4 Å². The number of carbonyl (C=O) groups is 1. The number of rotatable bonds is 3. The molecule has 4 aromatic rings. The van der Waals surface area contributed by atoms with Crippen LogP contribution in [-0.4, -0.2) is 20.5 Å². The van der Waals surface area contributed by atoms with Crippen molar-refractivity contribution in [3.8, 4) is 11.5 Å². The van der Waals surface area contributed by atoms with E-state index in [-0.39, 0.29) is 11.4 Å². The molecule has 0 bridgehead atoms. The van der Waals surface area contributed by atoms with Crippen LogP contribution in [0, 0.1) is 18.6 Å². The number of nitrogens with one attached hydrogen (secondary N) is 1. The number of hydrogen-bond acceptors (Lipinski definition) is 4. The molecule has 1 N–H and O–H groups in total. The smallest absolute Gasteiger partial charge is 0.274 e. The molecule has 0 saturated carbocycles. The van der Waals surface area contributed by atoms with Gasteiger partial charge < -0.3 is 9.73 Å². The molecule has 3 heterocycles. The maximum Gasteiger partial charge on any atom is 0.274 e. The number of aryl methyl sites for hydroxylation is 1. The Labute approximate surface area is 146 Å². The van der Waals surface area contributed by atoms with Crippen molar-refractivity contribution in [2.24, 2.45) is 0 Å². The minimum absolute atomic E-state index is 0.0598. The predicted molar refractivity (Wildman–Crippen MR) is 89.7 cm³/mol. The van der Waals surface area contributed by atoms with Gasteiger partial charge in [-0.2, -0.15) is 5.10 Å². The Balaban J connectivity index is 1.70. The molecule has 1 aromatic carbocycles. The Morgan fingerprint density at radius 1 is 1.19 bits per heavy atom. The molecule has 6 nitrogen and oxygen atoms in total. The summed E-state index contributed by atoms with van der Waals surface area (Å²) in [5.74, 6) is -1.47. The Bertz CT molecular complexity index is 1120. The van der Waals surface area contributed by atoms with E-state index >= 15 is 0 Å². The number of fused-ring (bicyclic) bond motifs is 1. The lowest BCUT2D eigenvalue weighted by molar-refractivity contribution is 0.102.